The molecule has 1 unspecified atom stereocenters. The molecule has 3 atom stereocenters. The quantitative estimate of drug-likeness (QED) is 0.273. The smallest absolute Gasteiger partial charge is 0.253 e. The first-order chi connectivity index (χ1) is 16.9. The van der Waals surface area contributed by atoms with E-state index >= 15 is 0 Å². The highest BCUT2D eigenvalue weighted by Crippen LogP contribution is 2.40. The van der Waals surface area contributed by atoms with Gasteiger partial charge in [-0.15, -0.1) is 11.6 Å². The summed E-state index contributed by atoms with van der Waals surface area (Å²) in [6.07, 6.45) is 1.41. The number of carbonyl (C=O) groups excluding carboxylic acids is 2. The molecule has 1 aliphatic heterocycles. The van der Waals surface area contributed by atoms with Crippen molar-refractivity contribution in [2.75, 3.05) is 32.1 Å². The molecule has 0 bridgehead atoms. The lowest BCUT2D eigenvalue weighted by atomic mass is 9.85. The second-order valence-electron chi connectivity index (χ2n) is 9.50. The van der Waals surface area contributed by atoms with E-state index in [4.69, 9.17) is 39.5 Å². The number of amides is 2. The lowest BCUT2D eigenvalue weighted by Crippen LogP contribution is -2.49. The minimum atomic E-state index is -1.40. The standard InChI is InChI=1S/C24H34Cl3N3O5S/c1-5-10-35-20-12-18(27)17(26)11-16(20)22(29-36(34)24(2,3)4)15-6-8-30(9-7-15)23(33)19(31)14-28-21(32)13-25/h5,11-12,15,19,22,29,31H,1,6-10,13-14H2,2-4H3,(H,28,32)/t19-,22+,36?/m0/s1. The van der Waals surface area contributed by atoms with Crippen LogP contribution < -0.4 is 14.8 Å². The van der Waals surface area contributed by atoms with Gasteiger partial charge in [0.15, 0.2) is 0 Å². The molecule has 0 aliphatic carbocycles. The van der Waals surface area contributed by atoms with Crippen LogP contribution in [-0.2, 0) is 20.6 Å². The Hall–Kier alpha value is -1.36. The first kappa shape index (κ1) is 30.9. The lowest BCUT2D eigenvalue weighted by molar-refractivity contribution is -0.141. The van der Waals surface area contributed by atoms with Crippen LogP contribution in [0.25, 0.3) is 0 Å². The highest BCUT2D eigenvalue weighted by Gasteiger charge is 2.35. The molecule has 1 fully saturated rings. The van der Waals surface area contributed by atoms with Crippen molar-refractivity contribution in [2.24, 2.45) is 5.92 Å². The number of carbonyl (C=O) groups is 2. The molecule has 0 radical (unpaired) electrons. The van der Waals surface area contributed by atoms with Crippen molar-refractivity contribution in [3.63, 3.8) is 0 Å². The molecular weight excluding hydrogens is 549 g/mol. The number of benzene rings is 1. The second kappa shape index (κ2) is 14.0. The van der Waals surface area contributed by atoms with Gasteiger partial charge in [-0.1, -0.05) is 35.9 Å². The maximum absolute atomic E-state index is 13.1. The molecular formula is C24H34Cl3N3O5S. The fourth-order valence-corrected chi connectivity index (χ4v) is 5.10. The molecule has 8 nitrogen and oxygen atoms in total. The van der Waals surface area contributed by atoms with Crippen molar-refractivity contribution < 1.29 is 23.6 Å². The van der Waals surface area contributed by atoms with Gasteiger partial charge in [0.05, 0.1) is 38.4 Å². The normalized spacial score (nSPS) is 17.2. The second-order valence-corrected chi connectivity index (χ2v) is 12.6. The lowest BCUT2D eigenvalue weighted by Gasteiger charge is -2.38. The van der Waals surface area contributed by atoms with E-state index in [1.807, 2.05) is 20.8 Å². The number of rotatable bonds is 11. The number of aliphatic hydroxyl groups is 1. The van der Waals surface area contributed by atoms with Gasteiger partial charge in [0.2, 0.25) is 5.91 Å². The van der Waals surface area contributed by atoms with E-state index in [9.17, 15) is 18.9 Å². The Morgan fingerprint density at radius 2 is 1.89 bits per heavy atom. The first-order valence-electron chi connectivity index (χ1n) is 11.6. The SMILES string of the molecule is C=CCOc1cc(Cl)c(Cl)cc1[C@H](NS(=O)C(C)(C)C)C1CCN(C(=O)[C@@H](O)CNC(=O)CCl)CC1. The molecule has 3 N–H and O–H groups in total. The molecule has 36 heavy (non-hydrogen) atoms. The number of ether oxygens (including phenoxy) is 1. The molecule has 0 aromatic heterocycles. The number of nitrogens with zero attached hydrogens (tertiary/aromatic N) is 1. The third kappa shape index (κ3) is 8.60. The molecule has 1 saturated heterocycles. The van der Waals surface area contributed by atoms with E-state index in [1.165, 1.54) is 0 Å². The van der Waals surface area contributed by atoms with E-state index in [1.54, 1.807) is 23.1 Å². The van der Waals surface area contributed by atoms with Crippen LogP contribution in [0.4, 0.5) is 0 Å². The van der Waals surface area contributed by atoms with Crippen LogP contribution in [0.15, 0.2) is 24.8 Å². The summed E-state index contributed by atoms with van der Waals surface area (Å²) in [4.78, 5) is 25.6. The van der Waals surface area contributed by atoms with Gasteiger partial charge in [-0.25, -0.2) is 8.93 Å². The van der Waals surface area contributed by atoms with Gasteiger partial charge in [-0.3, -0.25) is 9.59 Å². The van der Waals surface area contributed by atoms with Crippen LogP contribution >= 0.6 is 34.8 Å². The topological polar surface area (TPSA) is 108 Å². The average Bonchev–Trinajstić information content (AvgIpc) is 2.85. The van der Waals surface area contributed by atoms with Gasteiger partial charge in [0.1, 0.15) is 24.3 Å². The number of hydrogen-bond acceptors (Lipinski definition) is 5. The van der Waals surface area contributed by atoms with Gasteiger partial charge in [-0.2, -0.15) is 0 Å². The van der Waals surface area contributed by atoms with E-state index in [-0.39, 0.29) is 24.9 Å². The Balaban J connectivity index is 2.25. The molecule has 0 saturated carbocycles. The zero-order valence-electron chi connectivity index (χ0n) is 20.7. The maximum Gasteiger partial charge on any atom is 0.253 e. The Morgan fingerprint density at radius 1 is 1.28 bits per heavy atom. The van der Waals surface area contributed by atoms with Gasteiger partial charge in [0, 0.05) is 24.7 Å². The molecule has 202 valence electrons. The van der Waals surface area contributed by atoms with Crippen molar-refractivity contribution >= 4 is 57.6 Å². The van der Waals surface area contributed by atoms with Gasteiger partial charge < -0.3 is 20.1 Å². The van der Waals surface area contributed by atoms with Crippen LogP contribution in [0.1, 0.15) is 45.2 Å². The van der Waals surface area contributed by atoms with Crippen molar-refractivity contribution in [1.82, 2.24) is 14.9 Å². The number of likely N-dealkylation sites (tertiary alicyclic amines) is 1. The molecule has 12 heteroatoms. The highest BCUT2D eigenvalue weighted by molar-refractivity contribution is 7.84. The molecule has 1 heterocycles. The van der Waals surface area contributed by atoms with Crippen molar-refractivity contribution in [2.45, 2.75) is 50.5 Å². The molecule has 1 aromatic rings. The summed E-state index contributed by atoms with van der Waals surface area (Å²) < 4.78 is 21.7. The van der Waals surface area contributed by atoms with Crippen molar-refractivity contribution in [1.29, 1.82) is 0 Å². The minimum Gasteiger partial charge on any atom is -0.489 e. The van der Waals surface area contributed by atoms with Crippen LogP contribution in [0.3, 0.4) is 0 Å². The fraction of sp³-hybridized carbons (Fsp3) is 0.583. The maximum atomic E-state index is 13.1. The van der Waals surface area contributed by atoms with Crippen molar-refractivity contribution in [3.05, 3.63) is 40.4 Å². The highest BCUT2D eigenvalue weighted by atomic mass is 35.5. The summed E-state index contributed by atoms with van der Waals surface area (Å²) >= 11 is 18.0. The summed E-state index contributed by atoms with van der Waals surface area (Å²) in [5, 5.41) is 13.3. The summed E-state index contributed by atoms with van der Waals surface area (Å²) in [5.74, 6) is -0.674. The first-order valence-corrected chi connectivity index (χ1v) is 14.0. The van der Waals surface area contributed by atoms with Crippen LogP contribution in [0.2, 0.25) is 10.0 Å². The number of piperidine rings is 1. The largest absolute Gasteiger partial charge is 0.489 e. The Morgan fingerprint density at radius 3 is 2.44 bits per heavy atom. The molecule has 2 amide bonds. The Kier molecular flexibility index (Phi) is 12.0. The number of alkyl halides is 1. The number of nitrogens with one attached hydrogen (secondary N) is 2. The monoisotopic (exact) mass is 581 g/mol. The van der Waals surface area contributed by atoms with E-state index < -0.39 is 39.7 Å². The van der Waals surface area contributed by atoms with E-state index in [2.05, 4.69) is 16.6 Å². The number of hydrogen-bond donors (Lipinski definition) is 3. The third-order valence-corrected chi connectivity index (χ3v) is 8.30. The summed E-state index contributed by atoms with van der Waals surface area (Å²) in [5.41, 5.74) is 0.720. The van der Waals surface area contributed by atoms with Gasteiger partial charge in [0.25, 0.3) is 5.91 Å². The predicted octanol–water partition coefficient (Wildman–Crippen LogP) is 3.61. The molecule has 2 rings (SSSR count). The molecule has 1 aromatic carbocycles. The third-order valence-electron chi connectivity index (χ3n) is 5.76. The zero-order valence-corrected chi connectivity index (χ0v) is 23.8. The summed E-state index contributed by atoms with van der Waals surface area (Å²) in [7, 11) is -1.40. The fourth-order valence-electron chi connectivity index (χ4n) is 3.78. The van der Waals surface area contributed by atoms with E-state index in [0.29, 0.717) is 41.7 Å². The zero-order chi connectivity index (χ0) is 27.0. The Labute approximate surface area is 230 Å². The predicted molar refractivity (Wildman–Crippen MR) is 145 cm³/mol. The average molecular weight is 583 g/mol. The molecule has 1 aliphatic rings. The van der Waals surface area contributed by atoms with Gasteiger partial charge >= 0.3 is 0 Å². The van der Waals surface area contributed by atoms with Crippen LogP contribution in [0, 0.1) is 5.92 Å². The van der Waals surface area contributed by atoms with Crippen LogP contribution in [0.5, 0.6) is 5.75 Å². The van der Waals surface area contributed by atoms with Crippen LogP contribution in [-0.4, -0.2) is 69.0 Å². The minimum absolute atomic E-state index is 0.0169. The van der Waals surface area contributed by atoms with Gasteiger partial charge in [-0.05, 0) is 45.6 Å². The number of halogens is 3. The Bertz CT molecular complexity index is 965. The summed E-state index contributed by atoms with van der Waals surface area (Å²) in [6.45, 7) is 10.1. The van der Waals surface area contributed by atoms with E-state index in [0.717, 1.165) is 5.56 Å². The number of aliphatic hydroxyl groups excluding tert-OH is 1. The molecule has 0 spiro atoms. The summed E-state index contributed by atoms with van der Waals surface area (Å²) in [6, 6.07) is 2.97. The van der Waals surface area contributed by atoms with Crippen molar-refractivity contribution in [3.8, 4) is 5.75 Å².